The molecule has 0 saturated heterocycles. The van der Waals surface area contributed by atoms with Gasteiger partial charge in [0.1, 0.15) is 6.10 Å². The average Bonchev–Trinajstić information content (AvgIpc) is 2.84. The van der Waals surface area contributed by atoms with Crippen LogP contribution in [-0.4, -0.2) is 37.4 Å². The average molecular weight is 467 g/mol. The largest absolute Gasteiger partial charge is 0.462 e. The summed E-state index contributed by atoms with van der Waals surface area (Å²) in [4.78, 5) is 24.4. The summed E-state index contributed by atoms with van der Waals surface area (Å²) in [5, 5.41) is 0. The molecule has 1 fully saturated rings. The minimum atomic E-state index is -0.454. The zero-order valence-electron chi connectivity index (χ0n) is 19.7. The van der Waals surface area contributed by atoms with Gasteiger partial charge in [-0.05, 0) is 79.6 Å². The molecule has 0 spiro atoms. The number of hydrogen-bond donors (Lipinski definition) is 2. The molecule has 0 atom stereocenters. The molecule has 34 heavy (non-hydrogen) atoms. The van der Waals surface area contributed by atoms with Crippen LogP contribution in [0.2, 0.25) is 0 Å². The quantitative estimate of drug-likeness (QED) is 0.300. The molecule has 0 unspecified atom stereocenters. The van der Waals surface area contributed by atoms with E-state index in [1.165, 1.54) is 6.08 Å². The molecule has 0 radical (unpaired) electrons. The van der Waals surface area contributed by atoms with Crippen LogP contribution in [0.25, 0.3) is 6.08 Å². The number of carbonyl (C=O) groups is 2. The molecule has 0 aliphatic heterocycles. The summed E-state index contributed by atoms with van der Waals surface area (Å²) in [5.41, 5.74) is 15.0. The van der Waals surface area contributed by atoms with Crippen molar-refractivity contribution in [1.29, 1.82) is 0 Å². The van der Waals surface area contributed by atoms with Gasteiger partial charge < -0.3 is 25.7 Å². The molecule has 4 N–H and O–H groups in total. The molecule has 0 bridgehead atoms. The summed E-state index contributed by atoms with van der Waals surface area (Å²) >= 11 is 0. The standard InChI is InChI=1S/C27H34N2O5/c1-2-16-32-23-9-11-24(12-10-23)34-27(31)20-6-3-19(4-7-20)5-14-26(30)33-17-15-21-18-22(28)8-13-25(21)29/h3-8,13-14,18,23-24H,2,9-12,15-17,28-29H2,1H3/b14-5+. The summed E-state index contributed by atoms with van der Waals surface area (Å²) in [5.74, 6) is -0.779. The SMILES string of the molecule is CCCOC1CCC(OC(=O)c2ccc(/C=C/C(=O)OCCc3cc(N)ccc3N)cc2)CC1. The Hall–Kier alpha value is -3.32. The van der Waals surface area contributed by atoms with E-state index in [1.807, 2.05) is 0 Å². The number of rotatable bonds is 10. The lowest BCUT2D eigenvalue weighted by Crippen LogP contribution is -2.28. The van der Waals surface area contributed by atoms with Crippen LogP contribution in [-0.2, 0) is 25.4 Å². The topological polar surface area (TPSA) is 114 Å². The lowest BCUT2D eigenvalue weighted by Gasteiger charge is -2.28. The second-order valence-electron chi connectivity index (χ2n) is 8.51. The Labute approximate surface area is 201 Å². The first kappa shape index (κ1) is 25.3. The fourth-order valence-electron chi connectivity index (χ4n) is 3.87. The predicted octanol–water partition coefficient (Wildman–Crippen LogP) is 4.54. The van der Waals surface area contributed by atoms with Crippen LogP contribution in [0.3, 0.4) is 0 Å². The Bertz CT molecular complexity index is 979. The first-order valence-electron chi connectivity index (χ1n) is 11.9. The zero-order valence-corrected chi connectivity index (χ0v) is 19.7. The highest BCUT2D eigenvalue weighted by Gasteiger charge is 2.24. The first-order valence-corrected chi connectivity index (χ1v) is 11.9. The smallest absolute Gasteiger partial charge is 0.338 e. The maximum absolute atomic E-state index is 12.5. The Kier molecular flexibility index (Phi) is 9.52. The Morgan fingerprint density at radius 2 is 1.68 bits per heavy atom. The number of hydrogen-bond acceptors (Lipinski definition) is 7. The summed E-state index contributed by atoms with van der Waals surface area (Å²) in [7, 11) is 0. The number of carbonyl (C=O) groups excluding carboxylic acids is 2. The van der Waals surface area contributed by atoms with E-state index in [1.54, 1.807) is 48.5 Å². The molecule has 1 aliphatic rings. The Balaban J connectivity index is 1.41. The van der Waals surface area contributed by atoms with Gasteiger partial charge in [0.05, 0.1) is 18.3 Å². The second-order valence-corrected chi connectivity index (χ2v) is 8.51. The molecule has 2 aromatic carbocycles. The van der Waals surface area contributed by atoms with Gasteiger partial charge in [-0.2, -0.15) is 0 Å². The van der Waals surface area contributed by atoms with Gasteiger partial charge in [0.15, 0.2) is 0 Å². The van der Waals surface area contributed by atoms with Crippen LogP contribution >= 0.6 is 0 Å². The van der Waals surface area contributed by atoms with Crippen molar-refractivity contribution in [3.8, 4) is 0 Å². The van der Waals surface area contributed by atoms with Crippen molar-refractivity contribution >= 4 is 29.4 Å². The molecule has 3 rings (SSSR count). The van der Waals surface area contributed by atoms with Gasteiger partial charge in [-0.15, -0.1) is 0 Å². The monoisotopic (exact) mass is 466 g/mol. The summed E-state index contributed by atoms with van der Waals surface area (Å²) < 4.78 is 16.7. The van der Waals surface area contributed by atoms with Crippen LogP contribution in [0.4, 0.5) is 11.4 Å². The minimum absolute atomic E-state index is 0.0639. The van der Waals surface area contributed by atoms with Crippen molar-refractivity contribution in [2.24, 2.45) is 0 Å². The van der Waals surface area contributed by atoms with Gasteiger partial charge in [0.25, 0.3) is 0 Å². The molecular formula is C27H34N2O5. The van der Waals surface area contributed by atoms with E-state index in [0.29, 0.717) is 23.4 Å². The molecule has 1 aliphatic carbocycles. The van der Waals surface area contributed by atoms with Gasteiger partial charge in [0, 0.05) is 30.5 Å². The summed E-state index contributed by atoms with van der Waals surface area (Å²) in [6, 6.07) is 12.2. The molecule has 7 heteroatoms. The lowest BCUT2D eigenvalue weighted by atomic mass is 9.95. The predicted molar refractivity (Wildman–Crippen MR) is 133 cm³/mol. The van der Waals surface area contributed by atoms with Crippen molar-refractivity contribution in [2.75, 3.05) is 24.7 Å². The third-order valence-corrected chi connectivity index (χ3v) is 5.79. The zero-order chi connectivity index (χ0) is 24.3. The number of nitrogens with two attached hydrogens (primary N) is 2. The highest BCUT2D eigenvalue weighted by atomic mass is 16.5. The van der Waals surface area contributed by atoms with E-state index < -0.39 is 5.97 Å². The minimum Gasteiger partial charge on any atom is -0.462 e. The fourth-order valence-corrected chi connectivity index (χ4v) is 3.87. The van der Waals surface area contributed by atoms with E-state index in [9.17, 15) is 9.59 Å². The number of anilines is 2. The fraction of sp³-hybridized carbons (Fsp3) is 0.407. The molecule has 0 amide bonds. The number of nitrogen functional groups attached to an aromatic ring is 2. The van der Waals surface area contributed by atoms with E-state index in [4.69, 9.17) is 25.7 Å². The van der Waals surface area contributed by atoms with E-state index in [-0.39, 0.29) is 24.8 Å². The highest BCUT2D eigenvalue weighted by molar-refractivity contribution is 5.90. The number of esters is 2. The van der Waals surface area contributed by atoms with Crippen molar-refractivity contribution in [3.63, 3.8) is 0 Å². The maximum atomic E-state index is 12.5. The normalized spacial score (nSPS) is 18.0. The number of benzene rings is 2. The van der Waals surface area contributed by atoms with Crippen molar-refractivity contribution in [2.45, 2.75) is 57.7 Å². The third kappa shape index (κ3) is 7.92. The number of ether oxygens (including phenoxy) is 3. The van der Waals surface area contributed by atoms with Gasteiger partial charge >= 0.3 is 11.9 Å². The lowest BCUT2D eigenvalue weighted by molar-refractivity contribution is -0.137. The molecule has 0 heterocycles. The first-order chi connectivity index (χ1) is 16.4. The van der Waals surface area contributed by atoms with Crippen LogP contribution in [0, 0.1) is 0 Å². The van der Waals surface area contributed by atoms with E-state index in [0.717, 1.165) is 49.8 Å². The molecule has 7 nitrogen and oxygen atoms in total. The highest BCUT2D eigenvalue weighted by Crippen LogP contribution is 2.24. The molecule has 1 saturated carbocycles. The Morgan fingerprint density at radius 1 is 0.971 bits per heavy atom. The summed E-state index contributed by atoms with van der Waals surface area (Å²) in [6.07, 6.45) is 8.21. The summed E-state index contributed by atoms with van der Waals surface area (Å²) in [6.45, 7) is 3.08. The molecule has 182 valence electrons. The van der Waals surface area contributed by atoms with Crippen molar-refractivity contribution in [3.05, 3.63) is 65.2 Å². The van der Waals surface area contributed by atoms with Gasteiger partial charge in [-0.1, -0.05) is 19.1 Å². The van der Waals surface area contributed by atoms with Crippen molar-refractivity contribution < 1.29 is 23.8 Å². The van der Waals surface area contributed by atoms with Crippen LogP contribution in [0.1, 0.15) is 60.5 Å². The van der Waals surface area contributed by atoms with Crippen LogP contribution in [0.5, 0.6) is 0 Å². The third-order valence-electron chi connectivity index (χ3n) is 5.79. The molecular weight excluding hydrogens is 432 g/mol. The van der Waals surface area contributed by atoms with E-state index in [2.05, 4.69) is 6.92 Å². The van der Waals surface area contributed by atoms with Gasteiger partial charge in [-0.3, -0.25) is 0 Å². The van der Waals surface area contributed by atoms with Gasteiger partial charge in [-0.25, -0.2) is 9.59 Å². The Morgan fingerprint density at radius 3 is 2.38 bits per heavy atom. The van der Waals surface area contributed by atoms with E-state index >= 15 is 0 Å². The van der Waals surface area contributed by atoms with Crippen LogP contribution in [0.15, 0.2) is 48.5 Å². The van der Waals surface area contributed by atoms with Gasteiger partial charge in [0.2, 0.25) is 0 Å². The second kappa shape index (κ2) is 12.8. The van der Waals surface area contributed by atoms with Crippen LogP contribution < -0.4 is 11.5 Å². The molecule has 2 aromatic rings. The van der Waals surface area contributed by atoms with Crippen molar-refractivity contribution in [1.82, 2.24) is 0 Å². The molecule has 0 aromatic heterocycles. The maximum Gasteiger partial charge on any atom is 0.338 e.